The molecule has 20 heavy (non-hydrogen) atoms. The minimum atomic E-state index is -3.40. The summed E-state index contributed by atoms with van der Waals surface area (Å²) in [5.41, 5.74) is 7.83. The van der Waals surface area contributed by atoms with Crippen molar-refractivity contribution in [3.8, 4) is 0 Å². The first kappa shape index (κ1) is 15.5. The SMILES string of the molecule is Cc1ccc(S(=O)(=O)N2CCC[C@H]([C@@H](C)N)C2)c(C)c1. The summed E-state index contributed by atoms with van der Waals surface area (Å²) < 4.78 is 27.1. The molecule has 1 aromatic carbocycles. The second-order valence-corrected chi connectivity index (χ2v) is 7.80. The number of benzene rings is 1. The maximum absolute atomic E-state index is 12.8. The second kappa shape index (κ2) is 5.84. The predicted molar refractivity (Wildman–Crippen MR) is 81.0 cm³/mol. The predicted octanol–water partition coefficient (Wildman–Crippen LogP) is 2.05. The summed E-state index contributed by atoms with van der Waals surface area (Å²) in [7, 11) is -3.40. The fourth-order valence-corrected chi connectivity index (χ4v) is 4.59. The van der Waals surface area contributed by atoms with Gasteiger partial charge in [-0.25, -0.2) is 8.42 Å². The molecule has 4 nitrogen and oxygen atoms in total. The van der Waals surface area contributed by atoms with Crippen molar-refractivity contribution in [2.24, 2.45) is 11.7 Å². The summed E-state index contributed by atoms with van der Waals surface area (Å²) in [4.78, 5) is 0.424. The van der Waals surface area contributed by atoms with Gasteiger partial charge in [-0.3, -0.25) is 0 Å². The van der Waals surface area contributed by atoms with Gasteiger partial charge in [0.05, 0.1) is 4.90 Å². The zero-order valence-corrected chi connectivity index (χ0v) is 13.3. The molecule has 0 unspecified atom stereocenters. The van der Waals surface area contributed by atoms with Crippen LogP contribution in [0.2, 0.25) is 0 Å². The van der Waals surface area contributed by atoms with Crippen LogP contribution < -0.4 is 5.73 Å². The highest BCUT2D eigenvalue weighted by Crippen LogP contribution is 2.27. The van der Waals surface area contributed by atoms with E-state index in [0.717, 1.165) is 24.0 Å². The van der Waals surface area contributed by atoms with Gasteiger partial charge >= 0.3 is 0 Å². The van der Waals surface area contributed by atoms with Gasteiger partial charge in [0.25, 0.3) is 0 Å². The highest BCUT2D eigenvalue weighted by molar-refractivity contribution is 7.89. The summed E-state index contributed by atoms with van der Waals surface area (Å²) in [5.74, 6) is 0.254. The minimum Gasteiger partial charge on any atom is -0.328 e. The third-order valence-corrected chi connectivity index (χ3v) is 6.14. The van der Waals surface area contributed by atoms with Gasteiger partial charge < -0.3 is 5.73 Å². The molecule has 1 saturated heterocycles. The molecule has 2 rings (SSSR count). The van der Waals surface area contributed by atoms with Crippen molar-refractivity contribution in [1.82, 2.24) is 4.31 Å². The molecule has 0 aromatic heterocycles. The van der Waals surface area contributed by atoms with Gasteiger partial charge in [-0.05, 0) is 51.2 Å². The molecule has 0 radical (unpaired) electrons. The number of rotatable bonds is 3. The average Bonchev–Trinajstić information content (AvgIpc) is 2.38. The van der Waals surface area contributed by atoms with Crippen LogP contribution in [0, 0.1) is 19.8 Å². The highest BCUT2D eigenvalue weighted by Gasteiger charge is 2.32. The van der Waals surface area contributed by atoms with Gasteiger partial charge in [-0.2, -0.15) is 4.31 Å². The normalized spacial score (nSPS) is 22.7. The lowest BCUT2D eigenvalue weighted by Gasteiger charge is -2.34. The van der Waals surface area contributed by atoms with Crippen LogP contribution in [-0.2, 0) is 10.0 Å². The third kappa shape index (κ3) is 3.05. The first-order valence-corrected chi connectivity index (χ1v) is 8.59. The van der Waals surface area contributed by atoms with Gasteiger partial charge in [0.2, 0.25) is 10.0 Å². The first-order valence-electron chi connectivity index (χ1n) is 7.15. The van der Waals surface area contributed by atoms with Gasteiger partial charge in [0.15, 0.2) is 0 Å². The van der Waals surface area contributed by atoms with Crippen LogP contribution in [0.4, 0.5) is 0 Å². The van der Waals surface area contributed by atoms with Crippen LogP contribution >= 0.6 is 0 Å². The Labute approximate surface area is 122 Å². The third-order valence-electron chi connectivity index (χ3n) is 4.11. The number of aryl methyl sites for hydroxylation is 2. The second-order valence-electron chi connectivity index (χ2n) is 5.89. The largest absolute Gasteiger partial charge is 0.328 e. The Bertz CT molecular complexity index is 582. The summed E-state index contributed by atoms with van der Waals surface area (Å²) in [6, 6.07) is 5.52. The number of sulfonamides is 1. The van der Waals surface area contributed by atoms with Crippen molar-refractivity contribution in [2.45, 2.75) is 44.6 Å². The van der Waals surface area contributed by atoms with Crippen molar-refractivity contribution in [3.05, 3.63) is 29.3 Å². The average molecular weight is 296 g/mol. The minimum absolute atomic E-state index is 0.0344. The molecule has 2 atom stereocenters. The lowest BCUT2D eigenvalue weighted by Crippen LogP contribution is -2.45. The highest BCUT2D eigenvalue weighted by atomic mass is 32.2. The number of hydrogen-bond acceptors (Lipinski definition) is 3. The van der Waals surface area contributed by atoms with Gasteiger partial charge in [-0.1, -0.05) is 17.7 Å². The van der Waals surface area contributed by atoms with E-state index in [1.165, 1.54) is 0 Å². The molecule has 0 amide bonds. The summed E-state index contributed by atoms with van der Waals surface area (Å²) in [6.07, 6.45) is 1.90. The molecule has 0 aliphatic carbocycles. The Balaban J connectivity index is 2.30. The number of nitrogens with zero attached hydrogens (tertiary/aromatic N) is 1. The summed E-state index contributed by atoms with van der Waals surface area (Å²) >= 11 is 0. The molecular weight excluding hydrogens is 272 g/mol. The first-order chi connectivity index (χ1) is 9.32. The number of piperidine rings is 1. The van der Waals surface area contributed by atoms with E-state index in [2.05, 4.69) is 0 Å². The molecule has 5 heteroatoms. The van der Waals surface area contributed by atoms with E-state index in [1.807, 2.05) is 32.9 Å². The fourth-order valence-electron chi connectivity index (χ4n) is 2.85. The molecule has 0 bridgehead atoms. The van der Waals surface area contributed by atoms with Crippen LogP contribution in [0.25, 0.3) is 0 Å². The quantitative estimate of drug-likeness (QED) is 0.928. The van der Waals surface area contributed by atoms with E-state index >= 15 is 0 Å². The zero-order chi connectivity index (χ0) is 14.9. The van der Waals surface area contributed by atoms with E-state index in [0.29, 0.717) is 18.0 Å². The van der Waals surface area contributed by atoms with E-state index in [1.54, 1.807) is 10.4 Å². The molecule has 1 fully saturated rings. The van der Waals surface area contributed by atoms with Crippen LogP contribution in [0.3, 0.4) is 0 Å². The molecule has 112 valence electrons. The van der Waals surface area contributed by atoms with Gasteiger partial charge in [0.1, 0.15) is 0 Å². The molecule has 1 aliphatic heterocycles. The molecule has 1 heterocycles. The Morgan fingerprint density at radius 2 is 2.05 bits per heavy atom. The van der Waals surface area contributed by atoms with Crippen molar-refractivity contribution in [3.63, 3.8) is 0 Å². The van der Waals surface area contributed by atoms with E-state index in [9.17, 15) is 8.42 Å². The Morgan fingerprint density at radius 3 is 2.65 bits per heavy atom. The molecule has 1 aliphatic rings. The fraction of sp³-hybridized carbons (Fsp3) is 0.600. The zero-order valence-electron chi connectivity index (χ0n) is 12.5. The van der Waals surface area contributed by atoms with Crippen LogP contribution in [0.15, 0.2) is 23.1 Å². The van der Waals surface area contributed by atoms with E-state index in [4.69, 9.17) is 5.73 Å². The standard InChI is InChI=1S/C15H24N2O2S/c1-11-6-7-15(12(2)9-11)20(18,19)17-8-4-5-14(10-17)13(3)16/h6-7,9,13-14H,4-5,8,10,16H2,1-3H3/t13-,14+/m1/s1. The Hall–Kier alpha value is -0.910. The van der Waals surface area contributed by atoms with Crippen LogP contribution in [0.5, 0.6) is 0 Å². The Kier molecular flexibility index (Phi) is 4.52. The van der Waals surface area contributed by atoms with Gasteiger partial charge in [-0.15, -0.1) is 0 Å². The lowest BCUT2D eigenvalue weighted by molar-refractivity contribution is 0.243. The monoisotopic (exact) mass is 296 g/mol. The van der Waals surface area contributed by atoms with Crippen LogP contribution in [0.1, 0.15) is 30.9 Å². The van der Waals surface area contributed by atoms with Crippen molar-refractivity contribution < 1.29 is 8.42 Å². The van der Waals surface area contributed by atoms with Crippen LogP contribution in [-0.4, -0.2) is 31.9 Å². The van der Waals surface area contributed by atoms with E-state index in [-0.39, 0.29) is 12.0 Å². The van der Waals surface area contributed by atoms with E-state index < -0.39 is 10.0 Å². The van der Waals surface area contributed by atoms with Gasteiger partial charge in [0, 0.05) is 19.1 Å². The number of nitrogens with two attached hydrogens (primary N) is 1. The molecule has 1 aromatic rings. The molecule has 0 spiro atoms. The van der Waals surface area contributed by atoms with Crippen molar-refractivity contribution >= 4 is 10.0 Å². The Morgan fingerprint density at radius 1 is 1.35 bits per heavy atom. The summed E-state index contributed by atoms with van der Waals surface area (Å²) in [6.45, 7) is 6.91. The van der Waals surface area contributed by atoms with Crippen molar-refractivity contribution in [2.75, 3.05) is 13.1 Å². The molecular formula is C15H24N2O2S. The maximum atomic E-state index is 12.8. The molecule has 2 N–H and O–H groups in total. The number of hydrogen-bond donors (Lipinski definition) is 1. The topological polar surface area (TPSA) is 63.4 Å². The molecule has 0 saturated carbocycles. The smallest absolute Gasteiger partial charge is 0.243 e. The maximum Gasteiger partial charge on any atom is 0.243 e. The summed E-state index contributed by atoms with van der Waals surface area (Å²) in [5, 5.41) is 0. The lowest BCUT2D eigenvalue weighted by atomic mass is 9.93. The van der Waals surface area contributed by atoms with Crippen molar-refractivity contribution in [1.29, 1.82) is 0 Å².